The van der Waals surface area contributed by atoms with Crippen molar-refractivity contribution >= 4 is 0 Å². The number of benzene rings is 1. The molecule has 0 N–H and O–H groups in total. The van der Waals surface area contributed by atoms with Crippen LogP contribution in [0.3, 0.4) is 0 Å². The predicted molar refractivity (Wildman–Crippen MR) is 93.9 cm³/mol. The third kappa shape index (κ3) is 8.29. The van der Waals surface area contributed by atoms with Crippen molar-refractivity contribution in [2.45, 2.75) is 46.1 Å². The fraction of sp³-hybridized carbons (Fsp3) is 0.684. The van der Waals surface area contributed by atoms with Crippen LogP contribution in [0.4, 0.5) is 0 Å². The third-order valence-electron chi connectivity index (χ3n) is 3.86. The molecule has 0 bridgehead atoms. The van der Waals surface area contributed by atoms with Crippen LogP contribution >= 0.6 is 0 Å². The van der Waals surface area contributed by atoms with E-state index in [9.17, 15) is 0 Å². The SMILES string of the molecule is CCCCOCCOCCOCc1cc2c(cc1CCC)OCO2.[H-].[Na+]. The van der Waals surface area contributed by atoms with Crippen molar-refractivity contribution in [1.29, 1.82) is 0 Å². The predicted octanol–water partition coefficient (Wildman–Crippen LogP) is 0.834. The topological polar surface area (TPSA) is 46.2 Å². The maximum atomic E-state index is 5.75. The molecule has 0 radical (unpaired) electrons. The van der Waals surface area contributed by atoms with E-state index in [4.69, 9.17) is 23.7 Å². The Morgan fingerprint density at radius 3 is 2.08 bits per heavy atom. The van der Waals surface area contributed by atoms with Gasteiger partial charge in [0.25, 0.3) is 0 Å². The zero-order valence-corrected chi connectivity index (χ0v) is 18.0. The number of ether oxygens (including phenoxy) is 5. The summed E-state index contributed by atoms with van der Waals surface area (Å²) in [5, 5.41) is 0. The van der Waals surface area contributed by atoms with Crippen LogP contribution in [-0.4, -0.2) is 39.8 Å². The second-order valence-electron chi connectivity index (χ2n) is 5.86. The molecular weight excluding hydrogens is 331 g/mol. The second-order valence-corrected chi connectivity index (χ2v) is 5.86. The van der Waals surface area contributed by atoms with Gasteiger partial charge in [-0.1, -0.05) is 26.7 Å². The average Bonchev–Trinajstić information content (AvgIpc) is 3.04. The zero-order chi connectivity index (χ0) is 17.0. The van der Waals surface area contributed by atoms with Gasteiger partial charge in [0, 0.05) is 6.61 Å². The van der Waals surface area contributed by atoms with Crippen molar-refractivity contribution in [2.75, 3.05) is 39.8 Å². The fourth-order valence-electron chi connectivity index (χ4n) is 2.53. The normalized spacial score (nSPS) is 12.2. The van der Waals surface area contributed by atoms with Gasteiger partial charge < -0.3 is 25.1 Å². The van der Waals surface area contributed by atoms with Crippen LogP contribution in [0, 0.1) is 0 Å². The van der Waals surface area contributed by atoms with E-state index >= 15 is 0 Å². The van der Waals surface area contributed by atoms with Gasteiger partial charge in [-0.3, -0.25) is 0 Å². The summed E-state index contributed by atoms with van der Waals surface area (Å²) >= 11 is 0. The summed E-state index contributed by atoms with van der Waals surface area (Å²) in [5.74, 6) is 1.66. The van der Waals surface area contributed by atoms with Crippen molar-refractivity contribution in [3.63, 3.8) is 0 Å². The maximum Gasteiger partial charge on any atom is 1.00 e. The summed E-state index contributed by atoms with van der Waals surface area (Å²) in [6, 6.07) is 4.12. The molecule has 0 saturated carbocycles. The molecule has 1 aromatic carbocycles. The first-order chi connectivity index (χ1) is 11.8. The molecular formula is C19H31NaO5. The van der Waals surface area contributed by atoms with Crippen molar-refractivity contribution in [3.8, 4) is 11.5 Å². The van der Waals surface area contributed by atoms with Crippen LogP contribution in [0.15, 0.2) is 12.1 Å². The maximum absolute atomic E-state index is 5.75. The largest absolute Gasteiger partial charge is 1.00 e. The van der Waals surface area contributed by atoms with Crippen LogP contribution in [0.1, 0.15) is 45.7 Å². The minimum Gasteiger partial charge on any atom is -1.00 e. The van der Waals surface area contributed by atoms with Crippen LogP contribution in [0.5, 0.6) is 11.5 Å². The average molecular weight is 362 g/mol. The summed E-state index contributed by atoms with van der Waals surface area (Å²) in [5.41, 5.74) is 2.44. The standard InChI is InChI=1S/C19H30O5.Na.H/c1-3-5-7-20-8-9-21-10-11-22-14-17-13-19-18(23-15-24-19)12-16(17)6-4-2;;/h12-13H,3-11,14-15H2,1-2H3;;/q;+1;-1. The molecule has 1 aliphatic heterocycles. The van der Waals surface area contributed by atoms with Crippen molar-refractivity contribution in [2.24, 2.45) is 0 Å². The first-order valence-corrected chi connectivity index (χ1v) is 8.99. The van der Waals surface area contributed by atoms with Gasteiger partial charge >= 0.3 is 29.6 Å². The molecule has 5 nitrogen and oxygen atoms in total. The molecule has 0 spiro atoms. The van der Waals surface area contributed by atoms with E-state index in [1.165, 1.54) is 11.1 Å². The molecule has 6 heteroatoms. The Morgan fingerprint density at radius 1 is 0.840 bits per heavy atom. The molecule has 0 amide bonds. The Hall–Kier alpha value is -0.300. The molecule has 0 aromatic heterocycles. The molecule has 1 aromatic rings. The molecule has 1 heterocycles. The van der Waals surface area contributed by atoms with E-state index in [0.29, 0.717) is 39.8 Å². The number of rotatable bonds is 13. The van der Waals surface area contributed by atoms with Gasteiger partial charge in [0.1, 0.15) is 0 Å². The fourth-order valence-corrected chi connectivity index (χ4v) is 2.53. The molecule has 0 saturated heterocycles. The van der Waals surface area contributed by atoms with Gasteiger partial charge in [-0.25, -0.2) is 0 Å². The van der Waals surface area contributed by atoms with E-state index in [1.54, 1.807) is 0 Å². The number of aryl methyl sites for hydroxylation is 1. The Labute approximate surface area is 175 Å². The van der Waals surface area contributed by atoms with Crippen molar-refractivity contribution < 1.29 is 54.7 Å². The number of unbranched alkanes of at least 4 members (excludes halogenated alkanes) is 1. The summed E-state index contributed by atoms with van der Waals surface area (Å²) in [4.78, 5) is 0. The monoisotopic (exact) mass is 362 g/mol. The van der Waals surface area contributed by atoms with Gasteiger partial charge in [-0.05, 0) is 36.1 Å². The molecule has 1 aliphatic rings. The minimum absolute atomic E-state index is 0. The van der Waals surface area contributed by atoms with Crippen molar-refractivity contribution in [3.05, 3.63) is 23.3 Å². The molecule has 0 aliphatic carbocycles. The van der Waals surface area contributed by atoms with Crippen LogP contribution in [0.2, 0.25) is 0 Å². The summed E-state index contributed by atoms with van der Waals surface area (Å²) in [6.07, 6.45) is 4.38. The number of fused-ring (bicyclic) bond motifs is 1. The van der Waals surface area contributed by atoms with Crippen LogP contribution in [0.25, 0.3) is 0 Å². The number of hydrogen-bond donors (Lipinski definition) is 0. The van der Waals surface area contributed by atoms with E-state index < -0.39 is 0 Å². The number of hydrogen-bond acceptors (Lipinski definition) is 5. The molecule has 138 valence electrons. The Balaban J connectivity index is 0.00000312. The minimum atomic E-state index is 0. The summed E-state index contributed by atoms with van der Waals surface area (Å²) in [7, 11) is 0. The molecule has 0 fully saturated rings. The molecule has 0 unspecified atom stereocenters. The van der Waals surface area contributed by atoms with Gasteiger partial charge in [0.05, 0.1) is 33.0 Å². The Morgan fingerprint density at radius 2 is 1.44 bits per heavy atom. The smallest absolute Gasteiger partial charge is 1.00 e. The van der Waals surface area contributed by atoms with E-state index in [-0.39, 0.29) is 31.0 Å². The first kappa shape index (κ1) is 22.7. The molecule has 25 heavy (non-hydrogen) atoms. The summed E-state index contributed by atoms with van der Waals surface area (Å²) in [6.45, 7) is 8.47. The van der Waals surface area contributed by atoms with Gasteiger partial charge in [-0.2, -0.15) is 0 Å². The molecule has 0 atom stereocenters. The van der Waals surface area contributed by atoms with Gasteiger partial charge in [0.2, 0.25) is 6.79 Å². The molecule has 2 rings (SSSR count). The Kier molecular flexibility index (Phi) is 12.6. The van der Waals surface area contributed by atoms with E-state index in [2.05, 4.69) is 19.9 Å². The summed E-state index contributed by atoms with van der Waals surface area (Å²) < 4.78 is 27.6. The van der Waals surface area contributed by atoms with Gasteiger partial charge in [0.15, 0.2) is 11.5 Å². The quantitative estimate of drug-likeness (QED) is 0.384. The first-order valence-electron chi connectivity index (χ1n) is 8.99. The van der Waals surface area contributed by atoms with Crippen LogP contribution < -0.4 is 39.0 Å². The third-order valence-corrected chi connectivity index (χ3v) is 3.86. The van der Waals surface area contributed by atoms with E-state index in [0.717, 1.165) is 43.8 Å². The Bertz CT molecular complexity index is 487. The van der Waals surface area contributed by atoms with Gasteiger partial charge in [-0.15, -0.1) is 0 Å². The van der Waals surface area contributed by atoms with Crippen molar-refractivity contribution in [1.82, 2.24) is 0 Å². The second kappa shape index (κ2) is 13.8. The van der Waals surface area contributed by atoms with Crippen LogP contribution in [-0.2, 0) is 27.2 Å². The zero-order valence-electron chi connectivity index (χ0n) is 17.0. The van der Waals surface area contributed by atoms with E-state index in [1.807, 2.05) is 6.07 Å².